The van der Waals surface area contributed by atoms with E-state index >= 15 is 0 Å². The van der Waals surface area contributed by atoms with E-state index in [-0.39, 0.29) is 11.8 Å². The van der Waals surface area contributed by atoms with Gasteiger partial charge in [-0.15, -0.1) is 0 Å². The van der Waals surface area contributed by atoms with Crippen LogP contribution in [0.5, 0.6) is 0 Å². The van der Waals surface area contributed by atoms with Crippen LogP contribution in [0.3, 0.4) is 0 Å². The summed E-state index contributed by atoms with van der Waals surface area (Å²) in [5.74, 6) is -0.387. The van der Waals surface area contributed by atoms with Gasteiger partial charge in [-0.25, -0.2) is 4.98 Å². The van der Waals surface area contributed by atoms with Crippen molar-refractivity contribution in [3.05, 3.63) is 83.1 Å². The highest BCUT2D eigenvalue weighted by atomic mass is 35.5. The van der Waals surface area contributed by atoms with Crippen LogP contribution in [-0.4, -0.2) is 16.8 Å². The van der Waals surface area contributed by atoms with E-state index in [9.17, 15) is 9.59 Å². The van der Waals surface area contributed by atoms with Gasteiger partial charge in [-0.3, -0.25) is 9.59 Å². The van der Waals surface area contributed by atoms with Gasteiger partial charge >= 0.3 is 0 Å². The van der Waals surface area contributed by atoms with E-state index in [1.54, 1.807) is 36.5 Å². The molecule has 7 heteroatoms. The van der Waals surface area contributed by atoms with Crippen molar-refractivity contribution in [1.29, 1.82) is 0 Å². The highest BCUT2D eigenvalue weighted by Crippen LogP contribution is 2.20. The fraction of sp³-hybridized carbons (Fsp3) is 0.0952. The molecule has 3 N–H and O–H groups in total. The molecule has 3 rings (SSSR count). The number of amides is 2. The lowest BCUT2D eigenvalue weighted by molar-refractivity contribution is -0.114. The van der Waals surface area contributed by atoms with Gasteiger partial charge in [0.15, 0.2) is 0 Å². The average molecular weight is 395 g/mol. The number of benzene rings is 2. The Balaban J connectivity index is 1.59. The SMILES string of the molecule is CC(=O)Nc1cccc(Nc2ccc(C(=O)NCc3ccc(Cl)cc3)nc2)c1. The summed E-state index contributed by atoms with van der Waals surface area (Å²) < 4.78 is 0. The second-order valence-corrected chi connectivity index (χ2v) is 6.56. The summed E-state index contributed by atoms with van der Waals surface area (Å²) in [6.07, 6.45) is 1.59. The van der Waals surface area contributed by atoms with Crippen LogP contribution < -0.4 is 16.0 Å². The topological polar surface area (TPSA) is 83.1 Å². The Bertz CT molecular complexity index is 972. The molecule has 0 atom stereocenters. The van der Waals surface area contributed by atoms with Gasteiger partial charge in [0.2, 0.25) is 5.91 Å². The standard InChI is InChI=1S/C21H19ClN4O2/c1-14(27)25-17-3-2-4-18(11-17)26-19-9-10-20(23-13-19)21(28)24-12-15-5-7-16(22)8-6-15/h2-11,13,26H,12H2,1H3,(H,24,28)(H,25,27). The smallest absolute Gasteiger partial charge is 0.270 e. The number of carbonyl (C=O) groups is 2. The fourth-order valence-corrected chi connectivity index (χ4v) is 2.65. The Hall–Kier alpha value is -3.38. The quantitative estimate of drug-likeness (QED) is 0.579. The lowest BCUT2D eigenvalue weighted by atomic mass is 10.2. The summed E-state index contributed by atoms with van der Waals surface area (Å²) in [6.45, 7) is 1.86. The molecule has 0 radical (unpaired) electrons. The summed E-state index contributed by atoms with van der Waals surface area (Å²) in [5.41, 5.74) is 3.51. The van der Waals surface area contributed by atoms with Gasteiger partial charge in [-0.05, 0) is 48.0 Å². The van der Waals surface area contributed by atoms with Crippen LogP contribution >= 0.6 is 11.6 Å². The molecule has 3 aromatic rings. The van der Waals surface area contributed by atoms with Crippen molar-refractivity contribution in [3.8, 4) is 0 Å². The van der Waals surface area contributed by atoms with Gasteiger partial charge in [0.1, 0.15) is 5.69 Å². The summed E-state index contributed by atoms with van der Waals surface area (Å²) in [4.78, 5) is 27.6. The van der Waals surface area contributed by atoms with Crippen molar-refractivity contribution >= 4 is 40.5 Å². The molecule has 0 bridgehead atoms. The van der Waals surface area contributed by atoms with Crippen LogP contribution in [0.4, 0.5) is 17.1 Å². The molecule has 2 amide bonds. The largest absolute Gasteiger partial charge is 0.354 e. The van der Waals surface area contributed by atoms with Crippen molar-refractivity contribution in [2.45, 2.75) is 13.5 Å². The second-order valence-electron chi connectivity index (χ2n) is 6.13. The maximum Gasteiger partial charge on any atom is 0.270 e. The predicted molar refractivity (Wildman–Crippen MR) is 111 cm³/mol. The minimum atomic E-state index is -0.255. The number of hydrogen-bond donors (Lipinski definition) is 3. The van der Waals surface area contributed by atoms with E-state index < -0.39 is 0 Å². The van der Waals surface area contributed by atoms with E-state index in [0.717, 1.165) is 16.9 Å². The van der Waals surface area contributed by atoms with E-state index in [1.165, 1.54) is 6.92 Å². The third-order valence-electron chi connectivity index (χ3n) is 3.83. The molecule has 0 saturated heterocycles. The predicted octanol–water partition coefficient (Wildman–Crippen LogP) is 4.37. The first-order chi connectivity index (χ1) is 13.5. The second kappa shape index (κ2) is 9.01. The Morgan fingerprint density at radius 1 is 0.964 bits per heavy atom. The maximum absolute atomic E-state index is 12.2. The molecule has 0 aliphatic carbocycles. The Kier molecular flexibility index (Phi) is 6.24. The van der Waals surface area contributed by atoms with Gasteiger partial charge in [0.05, 0.1) is 11.9 Å². The molecule has 0 fully saturated rings. The van der Waals surface area contributed by atoms with Crippen molar-refractivity contribution in [1.82, 2.24) is 10.3 Å². The zero-order valence-electron chi connectivity index (χ0n) is 15.2. The lowest BCUT2D eigenvalue weighted by Gasteiger charge is -2.09. The van der Waals surface area contributed by atoms with Crippen LogP contribution in [0.2, 0.25) is 5.02 Å². The minimum absolute atomic E-state index is 0.132. The highest BCUT2D eigenvalue weighted by molar-refractivity contribution is 6.30. The molecule has 1 aromatic heterocycles. The van der Waals surface area contributed by atoms with Crippen molar-refractivity contribution < 1.29 is 9.59 Å². The molecular formula is C21H19ClN4O2. The monoisotopic (exact) mass is 394 g/mol. The Morgan fingerprint density at radius 3 is 2.39 bits per heavy atom. The maximum atomic E-state index is 12.2. The van der Waals surface area contributed by atoms with Crippen LogP contribution in [-0.2, 0) is 11.3 Å². The molecule has 0 unspecified atom stereocenters. The van der Waals surface area contributed by atoms with Crippen molar-refractivity contribution in [2.24, 2.45) is 0 Å². The Labute approximate surface area is 168 Å². The number of aromatic nitrogens is 1. The molecule has 28 heavy (non-hydrogen) atoms. The van der Waals surface area contributed by atoms with Crippen LogP contribution in [0.25, 0.3) is 0 Å². The molecule has 0 saturated carbocycles. The fourth-order valence-electron chi connectivity index (χ4n) is 2.52. The van der Waals surface area contributed by atoms with Crippen LogP contribution in [0, 0.1) is 0 Å². The zero-order chi connectivity index (χ0) is 19.9. The highest BCUT2D eigenvalue weighted by Gasteiger charge is 2.07. The molecule has 0 aliphatic rings. The van der Waals surface area contributed by atoms with E-state index in [0.29, 0.717) is 22.9 Å². The average Bonchev–Trinajstić information content (AvgIpc) is 2.68. The minimum Gasteiger partial charge on any atom is -0.354 e. The molecule has 0 aliphatic heterocycles. The molecule has 142 valence electrons. The first kappa shape index (κ1) is 19.4. The van der Waals surface area contributed by atoms with E-state index in [2.05, 4.69) is 20.9 Å². The van der Waals surface area contributed by atoms with Gasteiger partial charge in [0, 0.05) is 29.9 Å². The number of halogens is 1. The molecule has 2 aromatic carbocycles. The number of hydrogen-bond acceptors (Lipinski definition) is 4. The molecule has 6 nitrogen and oxygen atoms in total. The van der Waals surface area contributed by atoms with Crippen molar-refractivity contribution in [3.63, 3.8) is 0 Å². The zero-order valence-corrected chi connectivity index (χ0v) is 16.0. The molecular weight excluding hydrogens is 376 g/mol. The normalized spacial score (nSPS) is 10.2. The number of carbonyl (C=O) groups excluding carboxylic acids is 2. The third-order valence-corrected chi connectivity index (χ3v) is 4.09. The number of anilines is 3. The van der Waals surface area contributed by atoms with Crippen LogP contribution in [0.1, 0.15) is 23.0 Å². The summed E-state index contributed by atoms with van der Waals surface area (Å²) in [7, 11) is 0. The Morgan fingerprint density at radius 2 is 1.71 bits per heavy atom. The summed E-state index contributed by atoms with van der Waals surface area (Å²) in [5, 5.41) is 9.40. The van der Waals surface area contributed by atoms with Crippen molar-refractivity contribution in [2.75, 3.05) is 10.6 Å². The number of nitrogens with one attached hydrogen (secondary N) is 3. The lowest BCUT2D eigenvalue weighted by Crippen LogP contribution is -2.23. The van der Waals surface area contributed by atoms with Crippen LogP contribution in [0.15, 0.2) is 66.9 Å². The van der Waals surface area contributed by atoms with E-state index in [4.69, 9.17) is 11.6 Å². The third kappa shape index (κ3) is 5.56. The number of nitrogens with zero attached hydrogens (tertiary/aromatic N) is 1. The van der Waals surface area contributed by atoms with E-state index in [1.807, 2.05) is 30.3 Å². The number of rotatable bonds is 6. The molecule has 0 spiro atoms. The number of pyridine rings is 1. The first-order valence-electron chi connectivity index (χ1n) is 8.63. The molecule has 1 heterocycles. The summed E-state index contributed by atoms with van der Waals surface area (Å²) in [6, 6.07) is 18.0. The summed E-state index contributed by atoms with van der Waals surface area (Å²) >= 11 is 5.85. The van der Waals surface area contributed by atoms with Gasteiger partial charge < -0.3 is 16.0 Å². The van der Waals surface area contributed by atoms with Gasteiger partial charge in [0.25, 0.3) is 5.91 Å². The van der Waals surface area contributed by atoms with Gasteiger partial charge in [-0.1, -0.05) is 29.8 Å². The van der Waals surface area contributed by atoms with Gasteiger partial charge in [-0.2, -0.15) is 0 Å². The first-order valence-corrected chi connectivity index (χ1v) is 9.01.